The van der Waals surface area contributed by atoms with Gasteiger partial charge in [-0.3, -0.25) is 0 Å². The molecule has 5 aromatic rings. The number of rotatable bonds is 3. The molecule has 0 spiro atoms. The van der Waals surface area contributed by atoms with Crippen LogP contribution < -0.4 is 15.9 Å². The van der Waals surface area contributed by atoms with Gasteiger partial charge in [0, 0.05) is 0 Å². The first-order valence-corrected chi connectivity index (χ1v) is 11.3. The van der Waals surface area contributed by atoms with E-state index in [4.69, 9.17) is 17.0 Å². The molecular weight excluding hydrogens is 590 g/mol. The van der Waals surface area contributed by atoms with E-state index in [9.17, 15) is 0 Å². The van der Waals surface area contributed by atoms with Crippen LogP contribution in [0.5, 0.6) is 0 Å². The minimum atomic E-state index is -0.877. The Morgan fingerprint density at radius 3 is 1.40 bits per heavy atom. The smallest absolute Gasteiger partial charge is 0.721 e. The van der Waals surface area contributed by atoms with Crippen LogP contribution in [-0.2, 0) is 35.0 Å². The van der Waals surface area contributed by atoms with E-state index >= 15 is 0 Å². The number of oxazole rings is 1. The van der Waals surface area contributed by atoms with Crippen molar-refractivity contribution in [3.8, 4) is 0 Å². The van der Waals surface area contributed by atoms with E-state index in [2.05, 4.69) is 96.0 Å². The summed E-state index contributed by atoms with van der Waals surface area (Å²) in [5.74, 6) is 0. The fourth-order valence-corrected chi connectivity index (χ4v) is 5.93. The van der Waals surface area contributed by atoms with Gasteiger partial charge in [-0.15, -0.1) is 0 Å². The molecule has 0 aliphatic rings. The Morgan fingerprint density at radius 1 is 0.567 bits per heavy atom. The molecule has 152 valence electrons. The number of hydrogen-bond donors (Lipinski definition) is 0. The minimum Gasteiger partial charge on any atom is -0.721 e. The van der Waals surface area contributed by atoms with E-state index in [0.29, 0.717) is 5.22 Å². The summed E-state index contributed by atoms with van der Waals surface area (Å²) in [7, 11) is -0.877. The van der Waals surface area contributed by atoms with Crippen molar-refractivity contribution in [3.63, 3.8) is 0 Å². The van der Waals surface area contributed by atoms with Crippen molar-refractivity contribution in [2.24, 2.45) is 0 Å². The molecule has 0 fully saturated rings. The Hall–Kier alpha value is -2.26. The maximum Gasteiger partial charge on any atom is 1.00 e. The van der Waals surface area contributed by atoms with Crippen molar-refractivity contribution in [2.45, 2.75) is 5.22 Å². The van der Waals surface area contributed by atoms with E-state index in [1.165, 1.54) is 15.9 Å². The van der Waals surface area contributed by atoms with Gasteiger partial charge in [0.1, 0.15) is 21.4 Å². The predicted molar refractivity (Wildman–Crippen MR) is 126 cm³/mol. The van der Waals surface area contributed by atoms with E-state index in [0.717, 1.165) is 11.1 Å². The molecule has 0 unspecified atom stereocenters. The topological polar surface area (TPSA) is 26.0 Å². The second kappa shape index (κ2) is 11.2. The van der Waals surface area contributed by atoms with E-state index < -0.39 is 7.92 Å². The fraction of sp³-hybridized carbons (Fsp3) is 0. The normalized spacial score (nSPS) is 10.2. The van der Waals surface area contributed by atoms with Gasteiger partial charge in [-0.1, -0.05) is 66.7 Å². The Bertz CT molecular complexity index is 1040. The maximum atomic E-state index is 5.07. The quantitative estimate of drug-likeness (QED) is 0.165. The van der Waals surface area contributed by atoms with Gasteiger partial charge >= 0.3 is 22.4 Å². The Balaban J connectivity index is 0.000000197. The number of para-hydroxylation sites is 2. The monoisotopic (exact) mass is 610 g/mol. The van der Waals surface area contributed by atoms with E-state index in [1.54, 1.807) is 0 Å². The van der Waals surface area contributed by atoms with Crippen LogP contribution in [0, 0.1) is 0 Å². The van der Waals surface area contributed by atoms with Crippen molar-refractivity contribution in [2.75, 3.05) is 0 Å². The molecule has 1 aromatic heterocycles. The van der Waals surface area contributed by atoms with Gasteiger partial charge in [-0.25, -0.2) is 4.98 Å². The molecule has 2 nitrogen and oxygen atoms in total. The van der Waals surface area contributed by atoms with E-state index in [-0.39, 0.29) is 22.4 Å². The van der Waals surface area contributed by atoms with Crippen LogP contribution in [0.3, 0.4) is 0 Å². The zero-order valence-corrected chi connectivity index (χ0v) is 20.0. The molecule has 0 saturated heterocycles. The first kappa shape index (κ1) is 22.4. The molecule has 5 heteroatoms. The SMILES string of the molecule is [Au+].[S-]c1nc2ccccc2o1.c1ccc([PH+](c2ccccc2)c2ccccc2)cc1. The molecule has 30 heavy (non-hydrogen) atoms. The molecule has 0 N–H and O–H groups in total. The summed E-state index contributed by atoms with van der Waals surface area (Å²) in [6.07, 6.45) is 0. The van der Waals surface area contributed by atoms with Crippen LogP contribution >= 0.6 is 7.92 Å². The van der Waals surface area contributed by atoms with Gasteiger partial charge < -0.3 is 17.0 Å². The zero-order chi connectivity index (χ0) is 19.9. The third kappa shape index (κ3) is 5.66. The Kier molecular flexibility index (Phi) is 8.39. The van der Waals surface area contributed by atoms with Crippen LogP contribution in [0.15, 0.2) is 125 Å². The Labute approximate surface area is 199 Å². The summed E-state index contributed by atoms with van der Waals surface area (Å²) in [5.41, 5.74) is 1.58. The molecule has 0 aliphatic heterocycles. The van der Waals surface area contributed by atoms with Gasteiger partial charge in [-0.2, -0.15) is 0 Å². The summed E-state index contributed by atoms with van der Waals surface area (Å²) in [4.78, 5) is 3.96. The van der Waals surface area contributed by atoms with Gasteiger partial charge in [0.25, 0.3) is 0 Å². The molecular formula is C25H20AuNOPS+. The minimum absolute atomic E-state index is 0. The third-order valence-corrected chi connectivity index (χ3v) is 7.37. The average molecular weight is 610 g/mol. The van der Waals surface area contributed by atoms with Crippen molar-refractivity contribution >= 4 is 47.6 Å². The molecule has 0 aliphatic carbocycles. The maximum absolute atomic E-state index is 5.07. The molecule has 0 atom stereocenters. The fourth-order valence-electron chi connectivity index (χ4n) is 3.17. The van der Waals surface area contributed by atoms with Gasteiger partial charge in [-0.05, 0) is 48.5 Å². The van der Waals surface area contributed by atoms with Crippen LogP contribution in [-0.4, -0.2) is 4.98 Å². The number of hydrogen-bond acceptors (Lipinski definition) is 3. The number of fused-ring (bicyclic) bond motifs is 1. The van der Waals surface area contributed by atoms with Crippen molar-refractivity contribution in [1.29, 1.82) is 0 Å². The van der Waals surface area contributed by atoms with Gasteiger partial charge in [0.2, 0.25) is 0 Å². The number of nitrogens with zero attached hydrogens (tertiary/aromatic N) is 1. The summed E-state index contributed by atoms with van der Waals surface area (Å²) < 4.78 is 5.07. The molecule has 0 saturated carbocycles. The van der Waals surface area contributed by atoms with Crippen LogP contribution in [0.2, 0.25) is 0 Å². The van der Waals surface area contributed by atoms with Crippen LogP contribution in [0.1, 0.15) is 0 Å². The largest absolute Gasteiger partial charge is 1.00 e. The third-order valence-electron chi connectivity index (χ3n) is 4.46. The van der Waals surface area contributed by atoms with E-state index in [1.807, 2.05) is 24.3 Å². The van der Waals surface area contributed by atoms with Gasteiger partial charge in [0.15, 0.2) is 5.58 Å². The summed E-state index contributed by atoms with van der Waals surface area (Å²) in [6.45, 7) is 0. The predicted octanol–water partition coefficient (Wildman–Crippen LogP) is 4.91. The zero-order valence-electron chi connectivity index (χ0n) is 16.0. The van der Waals surface area contributed by atoms with Crippen LogP contribution in [0.25, 0.3) is 11.1 Å². The molecule has 5 rings (SSSR count). The van der Waals surface area contributed by atoms with Crippen molar-refractivity contribution in [3.05, 3.63) is 115 Å². The number of benzene rings is 4. The average Bonchev–Trinajstić information content (AvgIpc) is 3.17. The standard InChI is InChI=1S/C18H15P.C7H5NOS.Au/c1-4-10-16(11-5-1)19(17-12-6-2-7-13-17)18-14-8-3-9-15-18;10-7-8-5-3-1-2-4-6(5)9-7;/h1-15H;1-4H,(H,8,10);/q;;+1. The van der Waals surface area contributed by atoms with Crippen molar-refractivity contribution < 1.29 is 26.8 Å². The summed E-state index contributed by atoms with van der Waals surface area (Å²) >= 11 is 4.74. The second-order valence-corrected chi connectivity index (χ2v) is 9.25. The first-order chi connectivity index (χ1) is 14.3. The molecule has 0 amide bonds. The first-order valence-electron chi connectivity index (χ1n) is 9.37. The second-order valence-electron chi connectivity index (χ2n) is 6.42. The van der Waals surface area contributed by atoms with Crippen molar-refractivity contribution in [1.82, 2.24) is 4.98 Å². The summed E-state index contributed by atoms with van der Waals surface area (Å²) in [6, 6.07) is 40.0. The molecule has 0 bridgehead atoms. The van der Waals surface area contributed by atoms with Gasteiger partial charge in [0.05, 0.1) is 13.1 Å². The summed E-state index contributed by atoms with van der Waals surface area (Å²) in [5, 5.41) is 4.61. The molecule has 4 aromatic carbocycles. The molecule has 1 heterocycles. The molecule has 0 radical (unpaired) electrons. The Morgan fingerprint density at radius 2 is 0.967 bits per heavy atom. The number of aromatic nitrogens is 1. The van der Waals surface area contributed by atoms with Crippen LogP contribution in [0.4, 0.5) is 0 Å².